The van der Waals surface area contributed by atoms with E-state index in [4.69, 9.17) is 0 Å². The zero-order valence-electron chi connectivity index (χ0n) is 11.3. The molecule has 0 heterocycles. The molecule has 0 saturated heterocycles. The summed E-state index contributed by atoms with van der Waals surface area (Å²) in [5, 5.41) is 13.1. The smallest absolute Gasteiger partial charge is 0.223 e. The Morgan fingerprint density at radius 1 is 1.41 bits per heavy atom. The van der Waals surface area contributed by atoms with Gasteiger partial charge in [0, 0.05) is 26.1 Å². The maximum Gasteiger partial charge on any atom is 0.223 e. The molecule has 0 radical (unpaired) electrons. The van der Waals surface area contributed by atoms with Crippen LogP contribution < -0.4 is 5.32 Å². The van der Waals surface area contributed by atoms with Gasteiger partial charge in [0.25, 0.3) is 0 Å². The normalized spacial score (nSPS) is 21.2. The predicted octanol–water partition coefficient (Wildman–Crippen LogP) is 0.995. The van der Waals surface area contributed by atoms with Gasteiger partial charge in [-0.3, -0.25) is 4.79 Å². The van der Waals surface area contributed by atoms with Crippen molar-refractivity contribution in [2.75, 3.05) is 27.2 Å². The first-order valence-corrected chi connectivity index (χ1v) is 6.59. The van der Waals surface area contributed by atoms with E-state index in [1.807, 2.05) is 14.0 Å². The van der Waals surface area contributed by atoms with Gasteiger partial charge in [0.05, 0.1) is 5.60 Å². The fourth-order valence-corrected chi connectivity index (χ4v) is 2.73. The molecule has 100 valence electrons. The molecule has 0 aromatic rings. The molecule has 1 fully saturated rings. The van der Waals surface area contributed by atoms with E-state index in [0.717, 1.165) is 25.7 Å². The second-order valence-corrected chi connectivity index (χ2v) is 5.50. The second-order valence-electron chi connectivity index (χ2n) is 5.50. The fourth-order valence-electron chi connectivity index (χ4n) is 2.73. The zero-order chi connectivity index (χ0) is 12.9. The molecule has 1 amide bonds. The van der Waals surface area contributed by atoms with Gasteiger partial charge in [0.15, 0.2) is 0 Å². The van der Waals surface area contributed by atoms with Crippen LogP contribution in [-0.2, 0) is 4.79 Å². The lowest BCUT2D eigenvalue weighted by atomic mass is 9.84. The van der Waals surface area contributed by atoms with Crippen LogP contribution in [0.3, 0.4) is 0 Å². The molecular weight excluding hydrogens is 216 g/mol. The van der Waals surface area contributed by atoms with E-state index in [-0.39, 0.29) is 11.8 Å². The monoisotopic (exact) mass is 242 g/mol. The molecule has 0 spiro atoms. The van der Waals surface area contributed by atoms with E-state index in [2.05, 4.69) is 10.2 Å². The summed E-state index contributed by atoms with van der Waals surface area (Å²) >= 11 is 0. The van der Waals surface area contributed by atoms with Crippen molar-refractivity contribution >= 4 is 5.91 Å². The Bertz CT molecular complexity index is 250. The molecule has 1 aliphatic carbocycles. The summed E-state index contributed by atoms with van der Waals surface area (Å²) in [6.45, 7) is 3.29. The molecule has 17 heavy (non-hydrogen) atoms. The lowest BCUT2D eigenvalue weighted by Crippen LogP contribution is -2.45. The number of nitrogens with zero attached hydrogens (tertiary/aromatic N) is 1. The highest BCUT2D eigenvalue weighted by molar-refractivity contribution is 5.78. The van der Waals surface area contributed by atoms with Crippen molar-refractivity contribution in [3.8, 4) is 0 Å². The molecule has 0 aromatic carbocycles. The molecule has 1 rings (SSSR count). The molecule has 1 aliphatic rings. The van der Waals surface area contributed by atoms with Crippen molar-refractivity contribution in [3.63, 3.8) is 0 Å². The van der Waals surface area contributed by atoms with Crippen LogP contribution >= 0.6 is 0 Å². The van der Waals surface area contributed by atoms with Crippen molar-refractivity contribution in [3.05, 3.63) is 0 Å². The van der Waals surface area contributed by atoms with Gasteiger partial charge >= 0.3 is 0 Å². The Morgan fingerprint density at radius 3 is 2.53 bits per heavy atom. The summed E-state index contributed by atoms with van der Waals surface area (Å²) in [4.78, 5) is 13.5. The molecule has 1 saturated carbocycles. The van der Waals surface area contributed by atoms with Crippen LogP contribution in [0, 0.1) is 5.92 Å². The number of likely N-dealkylation sites (N-methyl/N-ethyl adjacent to an activating group) is 1. The van der Waals surface area contributed by atoms with Crippen LogP contribution in [0.5, 0.6) is 0 Å². The van der Waals surface area contributed by atoms with Crippen LogP contribution in [0.15, 0.2) is 0 Å². The Hall–Kier alpha value is -0.610. The molecule has 4 nitrogen and oxygen atoms in total. The van der Waals surface area contributed by atoms with Gasteiger partial charge in [-0.2, -0.15) is 0 Å². The highest BCUT2D eigenvalue weighted by atomic mass is 16.3. The lowest BCUT2D eigenvalue weighted by molar-refractivity contribution is -0.124. The number of hydrogen-bond acceptors (Lipinski definition) is 3. The molecule has 1 atom stereocenters. The quantitative estimate of drug-likeness (QED) is 0.756. The Morgan fingerprint density at radius 2 is 2.00 bits per heavy atom. The third kappa shape index (κ3) is 4.64. The summed E-state index contributed by atoms with van der Waals surface area (Å²) in [6, 6.07) is 0. The molecular formula is C13H26N2O2. The number of amides is 1. The average molecular weight is 242 g/mol. The van der Waals surface area contributed by atoms with E-state index < -0.39 is 5.60 Å². The van der Waals surface area contributed by atoms with Crippen molar-refractivity contribution in [2.45, 2.75) is 44.6 Å². The van der Waals surface area contributed by atoms with Gasteiger partial charge in [0.2, 0.25) is 5.91 Å². The topological polar surface area (TPSA) is 52.6 Å². The minimum absolute atomic E-state index is 0.0304. The summed E-state index contributed by atoms with van der Waals surface area (Å²) < 4.78 is 0. The highest BCUT2D eigenvalue weighted by Gasteiger charge is 2.30. The number of carbonyl (C=O) groups excluding carboxylic acids is 1. The van der Waals surface area contributed by atoms with Gasteiger partial charge in [-0.05, 0) is 19.9 Å². The first-order valence-electron chi connectivity index (χ1n) is 6.59. The molecule has 0 aromatic heterocycles. The van der Waals surface area contributed by atoms with E-state index in [9.17, 15) is 9.90 Å². The summed E-state index contributed by atoms with van der Waals surface area (Å²) in [5.41, 5.74) is -0.532. The van der Waals surface area contributed by atoms with Crippen molar-refractivity contribution < 1.29 is 9.90 Å². The summed E-state index contributed by atoms with van der Waals surface area (Å²) in [6.07, 6.45) is 5.27. The highest BCUT2D eigenvalue weighted by Crippen LogP contribution is 2.28. The van der Waals surface area contributed by atoms with Crippen LogP contribution in [0.2, 0.25) is 0 Å². The summed E-state index contributed by atoms with van der Waals surface area (Å²) in [5.74, 6) is 0.0321. The Labute approximate surface area is 104 Å². The number of aliphatic hydroxyl groups is 1. The van der Waals surface area contributed by atoms with Gasteiger partial charge in [-0.15, -0.1) is 0 Å². The fraction of sp³-hybridized carbons (Fsp3) is 0.923. The van der Waals surface area contributed by atoms with E-state index >= 15 is 0 Å². The molecule has 0 bridgehead atoms. The van der Waals surface area contributed by atoms with Gasteiger partial charge in [0.1, 0.15) is 0 Å². The zero-order valence-corrected chi connectivity index (χ0v) is 11.3. The minimum Gasteiger partial charge on any atom is -0.389 e. The van der Waals surface area contributed by atoms with Crippen LogP contribution in [0.1, 0.15) is 39.0 Å². The molecule has 0 aliphatic heterocycles. The van der Waals surface area contributed by atoms with Crippen LogP contribution in [0.4, 0.5) is 0 Å². The number of nitrogens with one attached hydrogen (secondary N) is 1. The maximum atomic E-state index is 11.4. The van der Waals surface area contributed by atoms with Gasteiger partial charge in [-0.1, -0.05) is 26.2 Å². The van der Waals surface area contributed by atoms with E-state index in [1.54, 1.807) is 7.05 Å². The maximum absolute atomic E-state index is 11.4. The third-order valence-electron chi connectivity index (χ3n) is 3.63. The van der Waals surface area contributed by atoms with Crippen LogP contribution in [-0.4, -0.2) is 48.7 Å². The van der Waals surface area contributed by atoms with E-state index in [0.29, 0.717) is 13.1 Å². The second kappa shape index (κ2) is 6.36. The predicted molar refractivity (Wildman–Crippen MR) is 68.8 cm³/mol. The molecule has 4 heteroatoms. The van der Waals surface area contributed by atoms with Crippen LogP contribution in [0.25, 0.3) is 0 Å². The third-order valence-corrected chi connectivity index (χ3v) is 3.63. The van der Waals surface area contributed by atoms with Crippen molar-refractivity contribution in [1.82, 2.24) is 10.2 Å². The standard InChI is InChI=1S/C13H26N2O2/c1-11(12(16)14-2)9-15(3)10-13(17)7-5-4-6-8-13/h11,17H,4-10H2,1-3H3,(H,14,16). The number of rotatable bonds is 5. The lowest BCUT2D eigenvalue weighted by Gasteiger charge is -2.36. The molecule has 2 N–H and O–H groups in total. The Kier molecular flexibility index (Phi) is 5.40. The SMILES string of the molecule is CNC(=O)C(C)CN(C)CC1(O)CCCCC1. The largest absolute Gasteiger partial charge is 0.389 e. The summed E-state index contributed by atoms with van der Waals surface area (Å²) in [7, 11) is 3.64. The first-order chi connectivity index (χ1) is 7.97. The van der Waals surface area contributed by atoms with E-state index in [1.165, 1.54) is 6.42 Å². The number of carbonyl (C=O) groups is 1. The van der Waals surface area contributed by atoms with Gasteiger partial charge in [-0.25, -0.2) is 0 Å². The van der Waals surface area contributed by atoms with Crippen molar-refractivity contribution in [2.24, 2.45) is 5.92 Å². The minimum atomic E-state index is -0.532. The average Bonchev–Trinajstić information content (AvgIpc) is 2.27. The van der Waals surface area contributed by atoms with Gasteiger partial charge < -0.3 is 15.3 Å². The Balaban J connectivity index is 2.37. The molecule has 1 unspecified atom stereocenters. The first kappa shape index (κ1) is 14.5. The van der Waals surface area contributed by atoms with Crippen molar-refractivity contribution in [1.29, 1.82) is 0 Å². The number of hydrogen-bond donors (Lipinski definition) is 2.